The predicted molar refractivity (Wildman–Crippen MR) is 76.1 cm³/mol. The van der Waals surface area contributed by atoms with Crippen molar-refractivity contribution in [3.63, 3.8) is 0 Å². The third-order valence-corrected chi connectivity index (χ3v) is 7.24. The number of allylic oxidation sites excluding steroid dienone is 1. The second kappa shape index (κ2) is 6.76. The van der Waals surface area contributed by atoms with Gasteiger partial charge in [0.05, 0.1) is 12.7 Å². The average Bonchev–Trinajstić information content (AvgIpc) is 2.16. The van der Waals surface area contributed by atoms with Crippen LogP contribution in [0.5, 0.6) is 0 Å². The van der Waals surface area contributed by atoms with E-state index in [-0.39, 0.29) is 5.04 Å². The molecule has 0 amide bonds. The summed E-state index contributed by atoms with van der Waals surface area (Å²) in [6, 6.07) is 0. The van der Waals surface area contributed by atoms with E-state index >= 15 is 0 Å². The highest BCUT2D eigenvalue weighted by atomic mass is 28.4. The van der Waals surface area contributed by atoms with Crippen LogP contribution in [0.25, 0.3) is 0 Å². The highest BCUT2D eigenvalue weighted by Crippen LogP contribution is 2.37. The summed E-state index contributed by atoms with van der Waals surface area (Å²) < 4.78 is 11.6. The molecule has 0 unspecified atom stereocenters. The van der Waals surface area contributed by atoms with Crippen molar-refractivity contribution in [2.24, 2.45) is 0 Å². The van der Waals surface area contributed by atoms with Crippen LogP contribution in [-0.2, 0) is 9.16 Å². The second-order valence-corrected chi connectivity index (χ2v) is 10.2. The summed E-state index contributed by atoms with van der Waals surface area (Å²) in [6.07, 6.45) is 2.59. The molecular formula is C14H26O2Si. The van der Waals surface area contributed by atoms with Gasteiger partial charge in [-0.15, -0.1) is 0 Å². The minimum absolute atomic E-state index is 0.168. The average molecular weight is 254 g/mol. The van der Waals surface area contributed by atoms with Gasteiger partial charge >= 0.3 is 0 Å². The Bertz CT molecular complexity index is 313. The van der Waals surface area contributed by atoms with Crippen molar-refractivity contribution in [3.8, 4) is 11.8 Å². The summed E-state index contributed by atoms with van der Waals surface area (Å²) in [5.74, 6) is 6.51. The van der Waals surface area contributed by atoms with Crippen LogP contribution in [0.15, 0.2) is 12.0 Å². The SMILES string of the molecule is CCC#C/C=C(\OCC)O[Si](C)(C)C(C)(C)C. The zero-order chi connectivity index (χ0) is 13.5. The van der Waals surface area contributed by atoms with Gasteiger partial charge in [-0.1, -0.05) is 39.5 Å². The molecule has 0 spiro atoms. The molecule has 0 fully saturated rings. The van der Waals surface area contributed by atoms with Crippen LogP contribution in [0.3, 0.4) is 0 Å². The van der Waals surface area contributed by atoms with Gasteiger partial charge in [-0.05, 0) is 25.1 Å². The van der Waals surface area contributed by atoms with E-state index < -0.39 is 8.32 Å². The standard InChI is InChI=1S/C14H26O2Si/c1-8-10-11-12-13(15-9-2)16-17(6,7)14(3,4)5/h12H,8-9H2,1-7H3/b13-12+. The Morgan fingerprint density at radius 1 is 1.24 bits per heavy atom. The van der Waals surface area contributed by atoms with Crippen molar-refractivity contribution in [2.75, 3.05) is 6.61 Å². The first-order valence-corrected chi connectivity index (χ1v) is 9.15. The summed E-state index contributed by atoms with van der Waals surface area (Å²) in [5, 5.41) is 0.168. The molecule has 0 rings (SSSR count). The number of ether oxygens (including phenoxy) is 1. The fourth-order valence-corrected chi connectivity index (χ4v) is 1.79. The summed E-state index contributed by atoms with van der Waals surface area (Å²) in [4.78, 5) is 0. The van der Waals surface area contributed by atoms with Gasteiger partial charge in [-0.3, -0.25) is 0 Å². The van der Waals surface area contributed by atoms with Gasteiger partial charge in [0, 0.05) is 6.42 Å². The Morgan fingerprint density at radius 3 is 2.24 bits per heavy atom. The minimum Gasteiger partial charge on any atom is -0.518 e. The number of hydrogen-bond donors (Lipinski definition) is 0. The van der Waals surface area contributed by atoms with E-state index in [0.29, 0.717) is 12.6 Å². The van der Waals surface area contributed by atoms with Gasteiger partial charge in [0.2, 0.25) is 0 Å². The van der Waals surface area contributed by atoms with Crippen molar-refractivity contribution < 1.29 is 9.16 Å². The van der Waals surface area contributed by atoms with Gasteiger partial charge in [-0.2, -0.15) is 0 Å². The highest BCUT2D eigenvalue weighted by molar-refractivity contribution is 6.74. The molecule has 0 saturated carbocycles. The van der Waals surface area contributed by atoms with Gasteiger partial charge in [-0.25, -0.2) is 0 Å². The monoisotopic (exact) mass is 254 g/mol. The van der Waals surface area contributed by atoms with E-state index in [1.165, 1.54) is 0 Å². The molecule has 0 aromatic rings. The molecule has 0 radical (unpaired) electrons. The number of hydrogen-bond acceptors (Lipinski definition) is 2. The van der Waals surface area contributed by atoms with Crippen LogP contribution in [0, 0.1) is 11.8 Å². The van der Waals surface area contributed by atoms with E-state index in [4.69, 9.17) is 9.16 Å². The van der Waals surface area contributed by atoms with Crippen LogP contribution < -0.4 is 0 Å². The van der Waals surface area contributed by atoms with Gasteiger partial charge in [0.25, 0.3) is 14.3 Å². The van der Waals surface area contributed by atoms with Crippen molar-refractivity contribution >= 4 is 8.32 Å². The normalized spacial score (nSPS) is 12.8. The third-order valence-electron chi connectivity index (χ3n) is 2.92. The minimum atomic E-state index is -1.83. The molecule has 0 atom stereocenters. The predicted octanol–water partition coefficient (Wildman–Crippen LogP) is 4.30. The lowest BCUT2D eigenvalue weighted by molar-refractivity contribution is 0.108. The fraction of sp³-hybridized carbons (Fsp3) is 0.714. The van der Waals surface area contributed by atoms with Crippen molar-refractivity contribution in [1.82, 2.24) is 0 Å². The van der Waals surface area contributed by atoms with E-state index in [1.807, 2.05) is 13.8 Å². The lowest BCUT2D eigenvalue weighted by Gasteiger charge is -2.36. The molecular weight excluding hydrogens is 228 g/mol. The summed E-state index contributed by atoms with van der Waals surface area (Å²) in [5.41, 5.74) is 0. The molecule has 0 aliphatic carbocycles. The first kappa shape index (κ1) is 16.1. The Morgan fingerprint density at radius 2 is 1.82 bits per heavy atom. The molecule has 98 valence electrons. The fourth-order valence-electron chi connectivity index (χ4n) is 0.859. The van der Waals surface area contributed by atoms with Crippen molar-refractivity contribution in [1.29, 1.82) is 0 Å². The van der Waals surface area contributed by atoms with E-state index in [0.717, 1.165) is 6.42 Å². The van der Waals surface area contributed by atoms with E-state index in [9.17, 15) is 0 Å². The molecule has 3 heteroatoms. The summed E-state index contributed by atoms with van der Waals surface area (Å²) in [7, 11) is -1.83. The molecule has 0 bridgehead atoms. The molecule has 0 aliphatic heterocycles. The van der Waals surface area contributed by atoms with Crippen LogP contribution in [0.1, 0.15) is 41.0 Å². The molecule has 2 nitrogen and oxygen atoms in total. The van der Waals surface area contributed by atoms with Crippen LogP contribution in [0.2, 0.25) is 18.1 Å². The van der Waals surface area contributed by atoms with Crippen molar-refractivity contribution in [2.45, 2.75) is 59.2 Å². The zero-order valence-electron chi connectivity index (χ0n) is 12.3. The van der Waals surface area contributed by atoms with Crippen LogP contribution in [-0.4, -0.2) is 14.9 Å². The van der Waals surface area contributed by atoms with Crippen molar-refractivity contribution in [3.05, 3.63) is 12.0 Å². The molecule has 0 aromatic heterocycles. The van der Waals surface area contributed by atoms with Crippen LogP contribution >= 0.6 is 0 Å². The largest absolute Gasteiger partial charge is 0.518 e. The Hall–Kier alpha value is -0.883. The smallest absolute Gasteiger partial charge is 0.274 e. The molecule has 0 saturated heterocycles. The summed E-state index contributed by atoms with van der Waals surface area (Å²) in [6.45, 7) is 15.6. The third kappa shape index (κ3) is 5.83. The van der Waals surface area contributed by atoms with E-state index in [2.05, 4.69) is 45.7 Å². The highest BCUT2D eigenvalue weighted by Gasteiger charge is 2.39. The summed E-state index contributed by atoms with van der Waals surface area (Å²) >= 11 is 0. The topological polar surface area (TPSA) is 18.5 Å². The van der Waals surface area contributed by atoms with Gasteiger partial charge in [0.15, 0.2) is 0 Å². The quantitative estimate of drug-likeness (QED) is 0.423. The Balaban J connectivity index is 4.82. The maximum Gasteiger partial charge on any atom is 0.274 e. The molecule has 0 N–H and O–H groups in total. The maximum atomic E-state index is 6.06. The van der Waals surface area contributed by atoms with Crippen LogP contribution in [0.4, 0.5) is 0 Å². The Kier molecular flexibility index (Phi) is 6.40. The molecule has 0 aliphatic rings. The Labute approximate surface area is 108 Å². The number of rotatable bonds is 4. The first-order valence-electron chi connectivity index (χ1n) is 6.25. The molecule has 0 heterocycles. The van der Waals surface area contributed by atoms with Gasteiger partial charge in [0.1, 0.15) is 0 Å². The first-order chi connectivity index (χ1) is 7.74. The zero-order valence-corrected chi connectivity index (χ0v) is 13.3. The molecule has 0 aromatic carbocycles. The lowest BCUT2D eigenvalue weighted by Crippen LogP contribution is -2.40. The van der Waals surface area contributed by atoms with E-state index in [1.54, 1.807) is 6.08 Å². The van der Waals surface area contributed by atoms with Gasteiger partial charge < -0.3 is 9.16 Å². The lowest BCUT2D eigenvalue weighted by atomic mass is 10.2. The maximum absolute atomic E-state index is 6.06. The molecule has 17 heavy (non-hydrogen) atoms. The second-order valence-electron chi connectivity index (χ2n) is 5.43.